The summed E-state index contributed by atoms with van der Waals surface area (Å²) < 4.78 is 5.18. The number of hydrogen-bond acceptors (Lipinski definition) is 6. The lowest BCUT2D eigenvalue weighted by Gasteiger charge is -2.56. The second-order valence-corrected chi connectivity index (χ2v) is 19.0. The Bertz CT molecular complexity index is 610. The van der Waals surface area contributed by atoms with Crippen LogP contribution in [0, 0.1) is 0 Å². The van der Waals surface area contributed by atoms with Gasteiger partial charge in [0.1, 0.15) is 0 Å². The van der Waals surface area contributed by atoms with Crippen molar-refractivity contribution in [1.29, 1.82) is 0 Å². The predicted octanol–water partition coefficient (Wildman–Crippen LogP) is 6.94. The minimum Gasteiger partial charge on any atom is -0.133 e. The van der Waals surface area contributed by atoms with Crippen molar-refractivity contribution in [2.45, 2.75) is 76.8 Å². The molecule has 138 valence electrons. The van der Waals surface area contributed by atoms with Crippen molar-refractivity contribution in [1.82, 2.24) is 0 Å². The molecule has 6 heteroatoms. The summed E-state index contributed by atoms with van der Waals surface area (Å²) >= 11 is 13.6. The van der Waals surface area contributed by atoms with Gasteiger partial charge in [-0.15, -0.1) is 70.6 Å². The number of rotatable bonds is 2. The van der Waals surface area contributed by atoms with E-state index in [1.54, 1.807) is 11.1 Å². The molecular formula is C20H22S6. The van der Waals surface area contributed by atoms with E-state index in [4.69, 9.17) is 0 Å². The van der Waals surface area contributed by atoms with Crippen LogP contribution in [0.2, 0.25) is 0 Å². The van der Waals surface area contributed by atoms with Crippen molar-refractivity contribution in [3.05, 3.63) is 35.4 Å². The molecule has 1 aromatic rings. The fourth-order valence-corrected chi connectivity index (χ4v) is 20.7. The van der Waals surface area contributed by atoms with Crippen LogP contribution in [-0.4, -0.2) is 27.5 Å². The van der Waals surface area contributed by atoms with E-state index >= 15 is 0 Å². The molecule has 0 atom stereocenters. The van der Waals surface area contributed by atoms with Gasteiger partial charge in [0.05, 0.1) is 27.5 Å². The average molecular weight is 455 g/mol. The molecule has 0 saturated carbocycles. The van der Waals surface area contributed by atoms with E-state index in [2.05, 4.69) is 94.8 Å². The molecule has 1 aromatic carbocycles. The third-order valence-electron chi connectivity index (χ3n) is 7.28. The fourth-order valence-electron chi connectivity index (χ4n) is 6.08. The minimum atomic E-state index is 0.503. The summed E-state index contributed by atoms with van der Waals surface area (Å²) in [7, 11) is 0. The van der Waals surface area contributed by atoms with E-state index in [0.717, 1.165) is 27.5 Å². The van der Waals surface area contributed by atoms with Crippen molar-refractivity contribution in [2.75, 3.05) is 0 Å². The van der Waals surface area contributed by atoms with Gasteiger partial charge in [-0.05, 0) is 49.7 Å². The lowest BCUT2D eigenvalue weighted by atomic mass is 9.69. The van der Waals surface area contributed by atoms with Crippen LogP contribution in [-0.2, 0) is 10.8 Å². The van der Waals surface area contributed by atoms with Gasteiger partial charge in [-0.3, -0.25) is 0 Å². The zero-order valence-corrected chi connectivity index (χ0v) is 19.4. The second-order valence-electron chi connectivity index (χ2n) is 8.76. The van der Waals surface area contributed by atoms with Crippen LogP contribution in [0.25, 0.3) is 0 Å². The summed E-state index contributed by atoms with van der Waals surface area (Å²) in [6.45, 7) is 0. The molecule has 8 aliphatic rings. The van der Waals surface area contributed by atoms with Crippen LogP contribution in [0.4, 0.5) is 0 Å². The highest BCUT2D eigenvalue weighted by molar-refractivity contribution is 8.34. The summed E-state index contributed by atoms with van der Waals surface area (Å²) in [6, 6.07) is 10.3. The molecule has 8 heterocycles. The third kappa shape index (κ3) is 2.50. The van der Waals surface area contributed by atoms with Gasteiger partial charge < -0.3 is 0 Å². The smallest absolute Gasteiger partial charge is 0.0533 e. The van der Waals surface area contributed by atoms with Crippen LogP contribution in [0.15, 0.2) is 24.3 Å². The maximum atomic E-state index is 2.56. The van der Waals surface area contributed by atoms with E-state index in [0.29, 0.717) is 10.8 Å². The molecular weight excluding hydrogens is 433 g/mol. The highest BCUT2D eigenvalue weighted by atomic mass is 32.3. The minimum absolute atomic E-state index is 0.503. The monoisotopic (exact) mass is 454 g/mol. The maximum absolute atomic E-state index is 2.56. The van der Waals surface area contributed by atoms with Gasteiger partial charge in [0.15, 0.2) is 0 Å². The van der Waals surface area contributed by atoms with Crippen molar-refractivity contribution in [3.63, 3.8) is 0 Å². The predicted molar refractivity (Wildman–Crippen MR) is 126 cm³/mol. The second kappa shape index (κ2) is 5.94. The molecule has 26 heavy (non-hydrogen) atoms. The van der Waals surface area contributed by atoms with Crippen LogP contribution in [0.5, 0.6) is 0 Å². The van der Waals surface area contributed by atoms with Crippen LogP contribution in [0.1, 0.15) is 49.7 Å². The fraction of sp³-hybridized carbons (Fsp3) is 0.700. The Labute approximate surface area is 181 Å². The van der Waals surface area contributed by atoms with E-state index in [-0.39, 0.29) is 0 Å². The van der Waals surface area contributed by atoms with Gasteiger partial charge in [0.2, 0.25) is 0 Å². The average Bonchev–Trinajstić information content (AvgIpc) is 2.60. The van der Waals surface area contributed by atoms with Gasteiger partial charge in [-0.2, -0.15) is 0 Å². The van der Waals surface area contributed by atoms with E-state index in [1.807, 2.05) is 0 Å². The molecule has 8 fully saturated rings. The normalized spacial score (nSPS) is 53.4. The first-order valence-electron chi connectivity index (χ1n) is 9.72. The Balaban J connectivity index is 1.22. The molecule has 0 unspecified atom stereocenters. The Kier molecular flexibility index (Phi) is 3.89. The summed E-state index contributed by atoms with van der Waals surface area (Å²) in [5.41, 5.74) is 4.35. The SMILES string of the molecule is c1cc(C23CC4SC(C2)SC(C3)S4)ccc1C12CC3SC(C1)SC(C2)S3. The Morgan fingerprint density at radius 3 is 0.923 bits per heavy atom. The molecule has 0 nitrogen and oxygen atoms in total. The Hall–Kier alpha value is 1.32. The van der Waals surface area contributed by atoms with Gasteiger partial charge >= 0.3 is 0 Å². The molecule has 0 aliphatic carbocycles. The first kappa shape index (κ1) is 17.0. The van der Waals surface area contributed by atoms with Crippen LogP contribution in [0.3, 0.4) is 0 Å². The number of benzene rings is 1. The molecule has 0 N–H and O–H groups in total. The van der Waals surface area contributed by atoms with E-state index < -0.39 is 0 Å². The van der Waals surface area contributed by atoms with Gasteiger partial charge in [-0.25, -0.2) is 0 Å². The molecule has 8 aliphatic heterocycles. The van der Waals surface area contributed by atoms with Crippen LogP contribution < -0.4 is 0 Å². The van der Waals surface area contributed by atoms with Crippen LogP contribution >= 0.6 is 70.6 Å². The zero-order chi connectivity index (χ0) is 16.9. The quantitative estimate of drug-likeness (QED) is 0.471. The molecule has 0 amide bonds. The molecule has 8 bridgehead atoms. The van der Waals surface area contributed by atoms with E-state index in [9.17, 15) is 0 Å². The topological polar surface area (TPSA) is 0 Å². The number of hydrogen-bond donors (Lipinski definition) is 0. The van der Waals surface area contributed by atoms with Crippen molar-refractivity contribution in [2.24, 2.45) is 0 Å². The summed E-state index contributed by atoms with van der Waals surface area (Å²) in [6.07, 6.45) is 8.48. The molecule has 8 saturated heterocycles. The van der Waals surface area contributed by atoms with Crippen molar-refractivity contribution < 1.29 is 0 Å². The largest absolute Gasteiger partial charge is 0.133 e. The Morgan fingerprint density at radius 2 is 0.692 bits per heavy atom. The molecule has 9 rings (SSSR count). The highest BCUT2D eigenvalue weighted by Crippen LogP contribution is 2.68. The summed E-state index contributed by atoms with van der Waals surface area (Å²) in [4.78, 5) is 0. The Morgan fingerprint density at radius 1 is 0.462 bits per heavy atom. The summed E-state index contributed by atoms with van der Waals surface area (Å²) in [5.74, 6) is 0. The summed E-state index contributed by atoms with van der Waals surface area (Å²) in [5, 5.41) is 0. The van der Waals surface area contributed by atoms with Gasteiger partial charge in [0, 0.05) is 10.8 Å². The molecule has 0 spiro atoms. The highest BCUT2D eigenvalue weighted by Gasteiger charge is 2.55. The maximum Gasteiger partial charge on any atom is 0.0533 e. The zero-order valence-electron chi connectivity index (χ0n) is 14.5. The first-order valence-corrected chi connectivity index (χ1v) is 15.4. The van der Waals surface area contributed by atoms with Gasteiger partial charge in [0.25, 0.3) is 0 Å². The number of thioether (sulfide) groups is 6. The van der Waals surface area contributed by atoms with Gasteiger partial charge in [-0.1, -0.05) is 24.3 Å². The third-order valence-corrected chi connectivity index (χ3v) is 16.9. The van der Waals surface area contributed by atoms with Crippen molar-refractivity contribution >= 4 is 70.6 Å². The molecule has 0 radical (unpaired) electrons. The lowest BCUT2D eigenvalue weighted by Crippen LogP contribution is -2.48. The van der Waals surface area contributed by atoms with Crippen molar-refractivity contribution in [3.8, 4) is 0 Å². The molecule has 0 aromatic heterocycles. The standard InChI is InChI=1S/C20H22S6/c1-2-12(20-8-16-24-17(9-20)26-18(10-20)25-16)4-3-11(1)19-5-13-21-14(6-19)23-15(7-19)22-13/h1-4,13-18H,5-10H2. The lowest BCUT2D eigenvalue weighted by molar-refractivity contribution is 0.339. The first-order chi connectivity index (χ1) is 12.7. The van der Waals surface area contributed by atoms with E-state index in [1.165, 1.54) is 38.5 Å².